The number of carbonyl (C=O) groups is 2. The molecule has 2 heterocycles. The lowest BCUT2D eigenvalue weighted by Crippen LogP contribution is -2.45. The minimum absolute atomic E-state index is 0.0714. The molecule has 0 aliphatic carbocycles. The highest BCUT2D eigenvalue weighted by molar-refractivity contribution is 5.81. The van der Waals surface area contributed by atoms with E-state index in [1.54, 1.807) is 25.5 Å². The number of hydrogen-bond donors (Lipinski definition) is 1. The molecule has 2 unspecified atom stereocenters. The summed E-state index contributed by atoms with van der Waals surface area (Å²) in [5, 5.41) is 7.01. The fourth-order valence-corrected chi connectivity index (χ4v) is 2.57. The highest BCUT2D eigenvalue weighted by Gasteiger charge is 2.26. The summed E-state index contributed by atoms with van der Waals surface area (Å²) in [5.74, 6) is -0.547. The zero-order chi connectivity index (χ0) is 18.4. The highest BCUT2D eigenvalue weighted by Crippen LogP contribution is 2.21. The molecule has 1 aliphatic rings. The van der Waals surface area contributed by atoms with Gasteiger partial charge in [0.25, 0.3) is 0 Å². The molecule has 0 radical (unpaired) electrons. The summed E-state index contributed by atoms with van der Waals surface area (Å²) in [6.07, 6.45) is 4.38. The van der Waals surface area contributed by atoms with Crippen LogP contribution in [0.5, 0.6) is 0 Å². The van der Waals surface area contributed by atoms with E-state index < -0.39 is 23.7 Å². The van der Waals surface area contributed by atoms with Crippen molar-refractivity contribution in [3.63, 3.8) is 0 Å². The molecule has 2 atom stereocenters. The molecule has 1 aliphatic heterocycles. The van der Waals surface area contributed by atoms with Crippen LogP contribution in [-0.2, 0) is 25.4 Å². The van der Waals surface area contributed by atoms with Gasteiger partial charge < -0.3 is 19.5 Å². The maximum absolute atomic E-state index is 12.0. The van der Waals surface area contributed by atoms with Crippen LogP contribution in [0.25, 0.3) is 0 Å². The van der Waals surface area contributed by atoms with Crippen molar-refractivity contribution >= 4 is 12.1 Å². The quantitative estimate of drug-likeness (QED) is 0.816. The zero-order valence-corrected chi connectivity index (χ0v) is 15.3. The Bertz CT molecular complexity index is 587. The lowest BCUT2D eigenvalue weighted by Gasteiger charge is -2.23. The molecule has 0 saturated carbocycles. The normalized spacial score (nSPS) is 19.1. The van der Waals surface area contributed by atoms with E-state index >= 15 is 0 Å². The lowest BCUT2D eigenvalue weighted by atomic mass is 10.1. The molecule has 1 N–H and O–H groups in total. The third-order valence-corrected chi connectivity index (χ3v) is 3.70. The predicted molar refractivity (Wildman–Crippen MR) is 89.9 cm³/mol. The number of nitrogens with one attached hydrogen (secondary N) is 1. The van der Waals surface area contributed by atoms with Crippen molar-refractivity contribution in [2.24, 2.45) is 0 Å². The van der Waals surface area contributed by atoms with E-state index in [1.165, 1.54) is 7.11 Å². The Labute approximate surface area is 147 Å². The molecule has 2 rings (SSSR count). The van der Waals surface area contributed by atoms with E-state index in [0.29, 0.717) is 5.69 Å². The Morgan fingerprint density at radius 1 is 1.44 bits per heavy atom. The van der Waals surface area contributed by atoms with Crippen LogP contribution in [-0.4, -0.2) is 47.2 Å². The van der Waals surface area contributed by atoms with E-state index in [-0.39, 0.29) is 12.6 Å². The molecule has 0 bridgehead atoms. The van der Waals surface area contributed by atoms with Gasteiger partial charge in [0.2, 0.25) is 0 Å². The number of rotatable bonds is 5. The molecule has 0 aromatic carbocycles. The first-order valence-electron chi connectivity index (χ1n) is 8.51. The Hall–Kier alpha value is -2.09. The Morgan fingerprint density at radius 2 is 2.20 bits per heavy atom. The third-order valence-electron chi connectivity index (χ3n) is 3.70. The fourth-order valence-electron chi connectivity index (χ4n) is 2.57. The SMILES string of the molecule is COC(=O)C(Cc1ccn(C2CCCCO2)n1)NC(=O)OC(C)(C)C. The van der Waals surface area contributed by atoms with Crippen molar-refractivity contribution in [3.05, 3.63) is 18.0 Å². The van der Waals surface area contributed by atoms with Crippen molar-refractivity contribution in [1.82, 2.24) is 15.1 Å². The molecule has 140 valence electrons. The molecule has 0 spiro atoms. The minimum atomic E-state index is -0.865. The summed E-state index contributed by atoms with van der Waals surface area (Å²) < 4.78 is 17.4. The van der Waals surface area contributed by atoms with E-state index in [4.69, 9.17) is 14.2 Å². The number of esters is 1. The molecule has 1 amide bonds. The van der Waals surface area contributed by atoms with Crippen LogP contribution in [0.15, 0.2) is 12.3 Å². The number of methoxy groups -OCH3 is 1. The average Bonchev–Trinajstić information content (AvgIpc) is 3.01. The molecule has 8 heteroatoms. The summed E-state index contributed by atoms with van der Waals surface area (Å²) in [6, 6.07) is 0.945. The Morgan fingerprint density at radius 3 is 2.80 bits per heavy atom. The lowest BCUT2D eigenvalue weighted by molar-refractivity contribution is -0.143. The first-order chi connectivity index (χ1) is 11.8. The summed E-state index contributed by atoms with van der Waals surface area (Å²) in [5.41, 5.74) is 0.0191. The number of ether oxygens (including phenoxy) is 3. The smallest absolute Gasteiger partial charge is 0.408 e. The van der Waals surface area contributed by atoms with E-state index in [9.17, 15) is 9.59 Å². The summed E-state index contributed by atoms with van der Waals surface area (Å²) in [6.45, 7) is 5.99. The summed E-state index contributed by atoms with van der Waals surface area (Å²) >= 11 is 0. The Balaban J connectivity index is 2.00. The predicted octanol–water partition coefficient (Wildman–Crippen LogP) is 2.19. The van der Waals surface area contributed by atoms with Gasteiger partial charge in [0.1, 0.15) is 17.9 Å². The second-order valence-electron chi connectivity index (χ2n) is 7.03. The van der Waals surface area contributed by atoms with Gasteiger partial charge in [-0.2, -0.15) is 5.10 Å². The van der Waals surface area contributed by atoms with Gasteiger partial charge in [-0.3, -0.25) is 0 Å². The van der Waals surface area contributed by atoms with Gasteiger partial charge in [0.15, 0.2) is 0 Å². The minimum Gasteiger partial charge on any atom is -0.467 e. The van der Waals surface area contributed by atoms with Crippen LogP contribution in [0, 0.1) is 0 Å². The maximum Gasteiger partial charge on any atom is 0.408 e. The molecule has 1 aromatic rings. The van der Waals surface area contributed by atoms with Crippen molar-refractivity contribution < 1.29 is 23.8 Å². The van der Waals surface area contributed by atoms with Gasteiger partial charge in [-0.05, 0) is 46.1 Å². The highest BCUT2D eigenvalue weighted by atomic mass is 16.6. The van der Waals surface area contributed by atoms with Gasteiger partial charge >= 0.3 is 12.1 Å². The van der Waals surface area contributed by atoms with Crippen LogP contribution in [0.3, 0.4) is 0 Å². The molecule has 1 fully saturated rings. The fraction of sp³-hybridized carbons (Fsp3) is 0.706. The molecule has 1 aromatic heterocycles. The number of aromatic nitrogens is 2. The first-order valence-corrected chi connectivity index (χ1v) is 8.51. The second kappa shape index (κ2) is 8.33. The van der Waals surface area contributed by atoms with Crippen LogP contribution >= 0.6 is 0 Å². The van der Waals surface area contributed by atoms with Gasteiger partial charge in [-0.25, -0.2) is 14.3 Å². The largest absolute Gasteiger partial charge is 0.467 e. The molecular formula is C17H27N3O5. The van der Waals surface area contributed by atoms with Crippen LogP contribution in [0.4, 0.5) is 4.79 Å². The van der Waals surface area contributed by atoms with E-state index in [0.717, 1.165) is 25.9 Å². The van der Waals surface area contributed by atoms with Gasteiger partial charge in [0.05, 0.1) is 12.8 Å². The van der Waals surface area contributed by atoms with Crippen molar-refractivity contribution in [3.8, 4) is 0 Å². The number of carbonyl (C=O) groups excluding carboxylic acids is 2. The van der Waals surface area contributed by atoms with E-state index in [2.05, 4.69) is 10.4 Å². The van der Waals surface area contributed by atoms with Crippen LogP contribution < -0.4 is 5.32 Å². The average molecular weight is 353 g/mol. The van der Waals surface area contributed by atoms with Gasteiger partial charge in [0, 0.05) is 19.2 Å². The monoisotopic (exact) mass is 353 g/mol. The first kappa shape index (κ1) is 19.2. The molecule has 25 heavy (non-hydrogen) atoms. The van der Waals surface area contributed by atoms with Crippen molar-refractivity contribution in [1.29, 1.82) is 0 Å². The summed E-state index contributed by atoms with van der Waals surface area (Å²) in [7, 11) is 1.28. The van der Waals surface area contributed by atoms with Gasteiger partial charge in [-0.1, -0.05) is 0 Å². The molecule has 8 nitrogen and oxygen atoms in total. The maximum atomic E-state index is 12.0. The number of hydrogen-bond acceptors (Lipinski definition) is 6. The number of alkyl carbamates (subject to hydrolysis) is 1. The summed E-state index contributed by atoms with van der Waals surface area (Å²) in [4.78, 5) is 23.9. The Kier molecular flexibility index (Phi) is 6.41. The van der Waals surface area contributed by atoms with E-state index in [1.807, 2.05) is 12.3 Å². The zero-order valence-electron chi connectivity index (χ0n) is 15.3. The number of amides is 1. The van der Waals surface area contributed by atoms with Crippen LogP contribution in [0.1, 0.15) is 52.0 Å². The standard InChI is InChI=1S/C17H27N3O5/c1-17(2,3)25-16(22)18-13(15(21)23-4)11-12-8-9-20(19-12)14-7-5-6-10-24-14/h8-9,13-14H,5-7,10-11H2,1-4H3,(H,18,22). The molecule has 1 saturated heterocycles. The van der Waals surface area contributed by atoms with Crippen LogP contribution in [0.2, 0.25) is 0 Å². The number of nitrogens with zero attached hydrogens (tertiary/aromatic N) is 2. The second-order valence-corrected chi connectivity index (χ2v) is 7.03. The molecular weight excluding hydrogens is 326 g/mol. The van der Waals surface area contributed by atoms with Crippen molar-refractivity contribution in [2.45, 2.75) is 64.3 Å². The topological polar surface area (TPSA) is 91.7 Å². The van der Waals surface area contributed by atoms with Gasteiger partial charge in [-0.15, -0.1) is 0 Å². The third kappa shape index (κ3) is 6.04. The van der Waals surface area contributed by atoms with Crippen molar-refractivity contribution in [2.75, 3.05) is 13.7 Å².